The fourth-order valence-corrected chi connectivity index (χ4v) is 1.93. The van der Waals surface area contributed by atoms with E-state index >= 15 is 0 Å². The van der Waals surface area contributed by atoms with Gasteiger partial charge < -0.3 is 14.6 Å². The fourth-order valence-electron chi connectivity index (χ4n) is 1.93. The third-order valence-electron chi connectivity index (χ3n) is 3.01. The predicted octanol–water partition coefficient (Wildman–Crippen LogP) is 2.09. The first-order chi connectivity index (χ1) is 9.65. The standard InChI is InChI=1S/C15H22N4O/c1-12-17-18-15(20-12)14-7-5-13(6-8-14)11-16-9-4-10-19(2)3/h5-8,16H,4,9-11H2,1-3H3. The molecule has 108 valence electrons. The molecular weight excluding hydrogens is 252 g/mol. The zero-order valence-corrected chi connectivity index (χ0v) is 12.4. The first-order valence-corrected chi connectivity index (χ1v) is 6.90. The van der Waals surface area contributed by atoms with Gasteiger partial charge in [-0.25, -0.2) is 0 Å². The lowest BCUT2D eigenvalue weighted by Crippen LogP contribution is -2.20. The smallest absolute Gasteiger partial charge is 0.247 e. The summed E-state index contributed by atoms with van der Waals surface area (Å²) in [7, 11) is 4.19. The van der Waals surface area contributed by atoms with E-state index in [9.17, 15) is 0 Å². The van der Waals surface area contributed by atoms with Gasteiger partial charge in [-0.15, -0.1) is 10.2 Å². The van der Waals surface area contributed by atoms with Gasteiger partial charge in [-0.1, -0.05) is 12.1 Å². The monoisotopic (exact) mass is 274 g/mol. The van der Waals surface area contributed by atoms with Gasteiger partial charge in [0.15, 0.2) is 0 Å². The van der Waals surface area contributed by atoms with Crippen molar-refractivity contribution in [3.05, 3.63) is 35.7 Å². The molecule has 2 rings (SSSR count). The van der Waals surface area contributed by atoms with Crippen molar-refractivity contribution in [1.82, 2.24) is 20.4 Å². The van der Waals surface area contributed by atoms with Crippen LogP contribution in [0.3, 0.4) is 0 Å². The quantitative estimate of drug-likeness (QED) is 0.783. The van der Waals surface area contributed by atoms with E-state index in [2.05, 4.69) is 46.6 Å². The number of aromatic nitrogens is 2. The molecule has 20 heavy (non-hydrogen) atoms. The minimum absolute atomic E-state index is 0.577. The molecule has 0 spiro atoms. The summed E-state index contributed by atoms with van der Waals surface area (Å²) in [5, 5.41) is 11.3. The number of nitrogens with one attached hydrogen (secondary N) is 1. The van der Waals surface area contributed by atoms with Gasteiger partial charge in [0.2, 0.25) is 11.8 Å². The molecule has 0 radical (unpaired) electrons. The van der Waals surface area contributed by atoms with E-state index in [1.165, 1.54) is 5.56 Å². The van der Waals surface area contributed by atoms with E-state index < -0.39 is 0 Å². The third-order valence-corrected chi connectivity index (χ3v) is 3.01. The molecule has 0 saturated heterocycles. The van der Waals surface area contributed by atoms with Gasteiger partial charge in [-0.3, -0.25) is 0 Å². The first kappa shape index (κ1) is 14.7. The summed E-state index contributed by atoms with van der Waals surface area (Å²) < 4.78 is 5.40. The molecule has 0 aliphatic heterocycles. The number of nitrogens with zero attached hydrogens (tertiary/aromatic N) is 3. The highest BCUT2D eigenvalue weighted by Crippen LogP contribution is 2.17. The fraction of sp³-hybridized carbons (Fsp3) is 0.467. The molecule has 5 nitrogen and oxygen atoms in total. The van der Waals surface area contributed by atoms with Gasteiger partial charge >= 0.3 is 0 Å². The number of rotatable bonds is 7. The molecule has 1 heterocycles. The van der Waals surface area contributed by atoms with Gasteiger partial charge in [0, 0.05) is 19.0 Å². The van der Waals surface area contributed by atoms with E-state index in [-0.39, 0.29) is 0 Å². The maximum Gasteiger partial charge on any atom is 0.247 e. The highest BCUT2D eigenvalue weighted by molar-refractivity contribution is 5.52. The van der Waals surface area contributed by atoms with Gasteiger partial charge in [-0.2, -0.15) is 0 Å². The van der Waals surface area contributed by atoms with E-state index in [4.69, 9.17) is 4.42 Å². The Labute approximate surface area is 120 Å². The molecule has 0 bridgehead atoms. The molecule has 0 aliphatic carbocycles. The summed E-state index contributed by atoms with van der Waals surface area (Å²) in [6.45, 7) is 4.82. The van der Waals surface area contributed by atoms with Crippen LogP contribution >= 0.6 is 0 Å². The lowest BCUT2D eigenvalue weighted by molar-refractivity contribution is 0.394. The van der Waals surface area contributed by atoms with E-state index in [1.807, 2.05) is 12.1 Å². The van der Waals surface area contributed by atoms with Gasteiger partial charge in [0.25, 0.3) is 0 Å². The SMILES string of the molecule is Cc1nnc(-c2ccc(CNCCCN(C)C)cc2)o1. The molecule has 0 fully saturated rings. The summed E-state index contributed by atoms with van der Waals surface area (Å²) in [6.07, 6.45) is 1.16. The van der Waals surface area contributed by atoms with Crippen LogP contribution in [0.25, 0.3) is 11.5 Å². The molecule has 2 aromatic rings. The molecule has 1 aromatic heterocycles. The Morgan fingerprint density at radius 3 is 2.50 bits per heavy atom. The van der Waals surface area contributed by atoms with Crippen LogP contribution in [0.4, 0.5) is 0 Å². The third kappa shape index (κ3) is 4.43. The largest absolute Gasteiger partial charge is 0.421 e. The first-order valence-electron chi connectivity index (χ1n) is 6.90. The van der Waals surface area contributed by atoms with E-state index in [0.29, 0.717) is 11.8 Å². The van der Waals surface area contributed by atoms with Crippen LogP contribution in [0.15, 0.2) is 28.7 Å². The predicted molar refractivity (Wildman–Crippen MR) is 79.3 cm³/mol. The van der Waals surface area contributed by atoms with Crippen LogP contribution < -0.4 is 5.32 Å². The lowest BCUT2D eigenvalue weighted by atomic mass is 10.1. The normalized spacial score (nSPS) is 11.2. The number of hydrogen-bond acceptors (Lipinski definition) is 5. The van der Waals surface area contributed by atoms with E-state index in [0.717, 1.165) is 31.6 Å². The molecule has 0 amide bonds. The second-order valence-corrected chi connectivity index (χ2v) is 5.16. The summed E-state index contributed by atoms with van der Waals surface area (Å²) in [5.41, 5.74) is 2.22. The summed E-state index contributed by atoms with van der Waals surface area (Å²) in [6, 6.07) is 8.22. The molecule has 0 saturated carbocycles. The molecule has 1 N–H and O–H groups in total. The second kappa shape index (κ2) is 7.17. The zero-order chi connectivity index (χ0) is 14.4. The maximum atomic E-state index is 5.40. The Hall–Kier alpha value is -1.72. The Morgan fingerprint density at radius 2 is 1.90 bits per heavy atom. The van der Waals surface area contributed by atoms with Crippen molar-refractivity contribution < 1.29 is 4.42 Å². The molecule has 0 atom stereocenters. The Morgan fingerprint density at radius 1 is 1.15 bits per heavy atom. The Bertz CT molecular complexity index is 519. The van der Waals surface area contributed by atoms with Crippen LogP contribution in [-0.4, -0.2) is 42.3 Å². The summed E-state index contributed by atoms with van der Waals surface area (Å²) in [4.78, 5) is 2.20. The van der Waals surface area contributed by atoms with Crippen molar-refractivity contribution in [2.75, 3.05) is 27.2 Å². The van der Waals surface area contributed by atoms with Crippen LogP contribution in [0.5, 0.6) is 0 Å². The van der Waals surface area contributed by atoms with Crippen LogP contribution in [0.2, 0.25) is 0 Å². The van der Waals surface area contributed by atoms with Crippen molar-refractivity contribution in [1.29, 1.82) is 0 Å². The number of hydrogen-bond donors (Lipinski definition) is 1. The van der Waals surface area contributed by atoms with Crippen molar-refractivity contribution in [2.24, 2.45) is 0 Å². The average Bonchev–Trinajstić information content (AvgIpc) is 2.85. The number of benzene rings is 1. The maximum absolute atomic E-state index is 5.40. The van der Waals surface area contributed by atoms with E-state index in [1.54, 1.807) is 6.92 Å². The molecule has 5 heteroatoms. The minimum Gasteiger partial charge on any atom is -0.421 e. The van der Waals surface area contributed by atoms with Crippen molar-refractivity contribution in [3.63, 3.8) is 0 Å². The highest BCUT2D eigenvalue weighted by atomic mass is 16.4. The van der Waals surface area contributed by atoms with Gasteiger partial charge in [-0.05, 0) is 51.3 Å². The van der Waals surface area contributed by atoms with Gasteiger partial charge in [0.05, 0.1) is 0 Å². The van der Waals surface area contributed by atoms with Crippen molar-refractivity contribution in [2.45, 2.75) is 19.9 Å². The Balaban J connectivity index is 1.80. The summed E-state index contributed by atoms with van der Waals surface area (Å²) >= 11 is 0. The average molecular weight is 274 g/mol. The molecule has 0 aliphatic rings. The second-order valence-electron chi connectivity index (χ2n) is 5.16. The Kier molecular flexibility index (Phi) is 5.26. The van der Waals surface area contributed by atoms with Crippen molar-refractivity contribution >= 4 is 0 Å². The number of aryl methyl sites for hydroxylation is 1. The van der Waals surface area contributed by atoms with Crippen LogP contribution in [0.1, 0.15) is 17.9 Å². The molecule has 0 unspecified atom stereocenters. The topological polar surface area (TPSA) is 54.2 Å². The lowest BCUT2D eigenvalue weighted by Gasteiger charge is -2.09. The highest BCUT2D eigenvalue weighted by Gasteiger charge is 2.05. The zero-order valence-electron chi connectivity index (χ0n) is 12.4. The minimum atomic E-state index is 0.577. The van der Waals surface area contributed by atoms with Crippen LogP contribution in [-0.2, 0) is 6.54 Å². The van der Waals surface area contributed by atoms with Crippen LogP contribution in [0, 0.1) is 6.92 Å². The summed E-state index contributed by atoms with van der Waals surface area (Å²) in [5.74, 6) is 1.17. The van der Waals surface area contributed by atoms with Crippen molar-refractivity contribution in [3.8, 4) is 11.5 Å². The van der Waals surface area contributed by atoms with Gasteiger partial charge in [0.1, 0.15) is 0 Å². The molecule has 1 aromatic carbocycles. The molecular formula is C15H22N4O.